The number of Topliss-reactive ketones (excluding diaryl/α,β-unsaturated/α-hetero) is 1. The van der Waals surface area contributed by atoms with Crippen molar-refractivity contribution in [2.45, 2.75) is 20.3 Å². The average molecular weight is 299 g/mol. The summed E-state index contributed by atoms with van der Waals surface area (Å²) >= 11 is 0. The number of ketones is 1. The molecule has 1 aromatic heterocycles. The maximum Gasteiger partial charge on any atom is 0.267 e. The lowest BCUT2D eigenvalue weighted by Gasteiger charge is -1.99. The lowest BCUT2D eigenvalue weighted by molar-refractivity contribution is -0.124. The third-order valence-electron chi connectivity index (χ3n) is 3.16. The molecule has 0 aliphatic heterocycles. The first kappa shape index (κ1) is 15.7. The zero-order chi connectivity index (χ0) is 16.1. The third-order valence-corrected chi connectivity index (χ3v) is 3.16. The first-order valence-corrected chi connectivity index (χ1v) is 6.77. The van der Waals surface area contributed by atoms with Gasteiger partial charge in [0.15, 0.2) is 5.78 Å². The Hall–Kier alpha value is -2.73. The summed E-state index contributed by atoms with van der Waals surface area (Å²) in [5.74, 6) is 0.111. The molecule has 0 saturated carbocycles. The van der Waals surface area contributed by atoms with Gasteiger partial charge >= 0.3 is 0 Å². The molecule has 0 spiro atoms. The highest BCUT2D eigenvalue weighted by Gasteiger charge is 2.10. The van der Waals surface area contributed by atoms with Crippen LogP contribution in [0.15, 0.2) is 30.3 Å². The number of carbonyl (C=O) groups is 2. The Morgan fingerprint density at radius 2 is 2.00 bits per heavy atom. The summed E-state index contributed by atoms with van der Waals surface area (Å²) in [6.07, 6.45) is 3.43. The molecule has 0 bridgehead atoms. The van der Waals surface area contributed by atoms with Crippen molar-refractivity contribution in [2.24, 2.45) is 0 Å². The molecule has 0 fully saturated rings. The normalized spacial score (nSPS) is 10.9. The maximum atomic E-state index is 11.4. The number of hydrogen-bond acceptors (Lipinski definition) is 4. The fourth-order valence-corrected chi connectivity index (χ4v) is 2.10. The summed E-state index contributed by atoms with van der Waals surface area (Å²) in [5.41, 5.74) is 4.66. The van der Waals surface area contributed by atoms with E-state index < -0.39 is 5.91 Å². The van der Waals surface area contributed by atoms with Gasteiger partial charge in [-0.05, 0) is 24.1 Å². The zero-order valence-corrected chi connectivity index (χ0v) is 12.4. The topological polar surface area (TPSA) is 95.1 Å². The Kier molecular flexibility index (Phi) is 4.85. The minimum atomic E-state index is -0.577. The van der Waals surface area contributed by atoms with Crippen molar-refractivity contribution in [3.05, 3.63) is 58.7 Å². The van der Waals surface area contributed by atoms with Crippen molar-refractivity contribution in [2.75, 3.05) is 0 Å². The number of carbonyl (C=O) groups excluding carboxylic acids is 2. The minimum absolute atomic E-state index is 0.0531. The quantitative estimate of drug-likeness (QED) is 0.341. The van der Waals surface area contributed by atoms with Gasteiger partial charge in [0, 0.05) is 25.1 Å². The van der Waals surface area contributed by atoms with Gasteiger partial charge in [-0.3, -0.25) is 14.8 Å². The second-order valence-corrected chi connectivity index (χ2v) is 4.94. The highest BCUT2D eigenvalue weighted by atomic mass is 16.5. The molecule has 0 atom stereocenters. The Bertz CT molecular complexity index is 715. The highest BCUT2D eigenvalue weighted by molar-refractivity contribution is 5.93. The number of hydroxylamine groups is 1. The number of H-pyrrole nitrogens is 1. The summed E-state index contributed by atoms with van der Waals surface area (Å²) in [6, 6.07) is 7.56. The van der Waals surface area contributed by atoms with Crippen molar-refractivity contribution in [1.82, 2.24) is 15.4 Å². The molecule has 0 aliphatic carbocycles. The summed E-state index contributed by atoms with van der Waals surface area (Å²) < 4.78 is 0. The standard InChI is InChI=1S/C16H17N3O3/c1-10-16(11(2)20)18-14(17-10)9-13-5-3-12(4-6-13)7-8-15(21)19-22/h3-8,22H,9H2,1-2H3,(H,17,18)(H,19,21). The third kappa shape index (κ3) is 3.89. The lowest BCUT2D eigenvalue weighted by Crippen LogP contribution is -2.14. The van der Waals surface area contributed by atoms with Gasteiger partial charge < -0.3 is 4.98 Å². The van der Waals surface area contributed by atoms with Crippen LogP contribution in [0.5, 0.6) is 0 Å². The van der Waals surface area contributed by atoms with Gasteiger partial charge in [-0.2, -0.15) is 0 Å². The zero-order valence-electron chi connectivity index (χ0n) is 12.4. The molecule has 0 unspecified atom stereocenters. The van der Waals surface area contributed by atoms with Crippen LogP contribution in [0, 0.1) is 6.92 Å². The number of nitrogens with one attached hydrogen (secondary N) is 2. The SMILES string of the molecule is CC(=O)c1nc(Cc2ccc(C=CC(=O)NO)cc2)[nH]c1C. The van der Waals surface area contributed by atoms with E-state index in [4.69, 9.17) is 5.21 Å². The van der Waals surface area contributed by atoms with Crippen molar-refractivity contribution >= 4 is 17.8 Å². The fourth-order valence-electron chi connectivity index (χ4n) is 2.10. The van der Waals surface area contributed by atoms with Crippen molar-refractivity contribution in [3.63, 3.8) is 0 Å². The Labute approximate surface area is 127 Å². The number of hydrogen-bond donors (Lipinski definition) is 3. The van der Waals surface area contributed by atoms with Crippen LogP contribution in [0.4, 0.5) is 0 Å². The van der Waals surface area contributed by atoms with Crippen LogP contribution in [0.1, 0.15) is 40.1 Å². The van der Waals surface area contributed by atoms with Gasteiger partial charge in [-0.15, -0.1) is 0 Å². The molecule has 2 aromatic rings. The van der Waals surface area contributed by atoms with Gasteiger partial charge in [0.25, 0.3) is 5.91 Å². The predicted octanol–water partition coefficient (Wildman–Crippen LogP) is 2.03. The maximum absolute atomic E-state index is 11.4. The molecule has 0 saturated heterocycles. The molecule has 6 nitrogen and oxygen atoms in total. The minimum Gasteiger partial charge on any atom is -0.345 e. The molecule has 6 heteroatoms. The van der Waals surface area contributed by atoms with E-state index in [9.17, 15) is 9.59 Å². The van der Waals surface area contributed by atoms with E-state index in [1.54, 1.807) is 6.08 Å². The Balaban J connectivity index is 2.08. The molecule has 0 radical (unpaired) electrons. The molecule has 22 heavy (non-hydrogen) atoms. The number of aromatic amines is 1. The van der Waals surface area contributed by atoms with E-state index in [2.05, 4.69) is 9.97 Å². The second-order valence-electron chi connectivity index (χ2n) is 4.94. The first-order chi connectivity index (χ1) is 10.5. The molecule has 1 aromatic carbocycles. The smallest absolute Gasteiger partial charge is 0.267 e. The van der Waals surface area contributed by atoms with Crippen LogP contribution >= 0.6 is 0 Å². The molecule has 1 amide bonds. The van der Waals surface area contributed by atoms with Crippen molar-refractivity contribution in [3.8, 4) is 0 Å². The number of benzene rings is 1. The van der Waals surface area contributed by atoms with Gasteiger partial charge in [0.2, 0.25) is 0 Å². The summed E-state index contributed by atoms with van der Waals surface area (Å²) in [4.78, 5) is 29.7. The van der Waals surface area contributed by atoms with E-state index in [0.717, 1.165) is 22.6 Å². The van der Waals surface area contributed by atoms with Crippen LogP contribution in [0.3, 0.4) is 0 Å². The fraction of sp³-hybridized carbons (Fsp3) is 0.188. The molecule has 3 N–H and O–H groups in total. The summed E-state index contributed by atoms with van der Waals surface area (Å²) in [7, 11) is 0. The summed E-state index contributed by atoms with van der Waals surface area (Å²) in [5, 5.41) is 8.40. The van der Waals surface area contributed by atoms with Gasteiger partial charge in [0.05, 0.1) is 0 Å². The number of aromatic nitrogens is 2. The van der Waals surface area contributed by atoms with Crippen LogP contribution < -0.4 is 5.48 Å². The molecule has 114 valence electrons. The van der Waals surface area contributed by atoms with E-state index in [1.807, 2.05) is 31.2 Å². The molecule has 1 heterocycles. The Morgan fingerprint density at radius 3 is 2.55 bits per heavy atom. The van der Waals surface area contributed by atoms with E-state index in [0.29, 0.717) is 12.1 Å². The van der Waals surface area contributed by atoms with E-state index in [1.165, 1.54) is 18.5 Å². The molecule has 0 aliphatic rings. The Morgan fingerprint density at radius 1 is 1.32 bits per heavy atom. The number of aryl methyl sites for hydroxylation is 1. The second kappa shape index (κ2) is 6.82. The van der Waals surface area contributed by atoms with Crippen molar-refractivity contribution < 1.29 is 14.8 Å². The number of imidazole rings is 1. The van der Waals surface area contributed by atoms with Crippen LogP contribution in [-0.2, 0) is 11.2 Å². The van der Waals surface area contributed by atoms with Gasteiger partial charge in [-0.25, -0.2) is 10.5 Å². The number of rotatable bonds is 5. The number of amides is 1. The number of nitrogens with zero attached hydrogens (tertiary/aromatic N) is 1. The van der Waals surface area contributed by atoms with Crippen molar-refractivity contribution in [1.29, 1.82) is 0 Å². The highest BCUT2D eigenvalue weighted by Crippen LogP contribution is 2.12. The van der Waals surface area contributed by atoms with E-state index >= 15 is 0 Å². The van der Waals surface area contributed by atoms with Gasteiger partial charge in [0.1, 0.15) is 11.5 Å². The first-order valence-electron chi connectivity index (χ1n) is 6.77. The molecular formula is C16H17N3O3. The van der Waals surface area contributed by atoms with Crippen LogP contribution in [-0.4, -0.2) is 26.9 Å². The van der Waals surface area contributed by atoms with Gasteiger partial charge in [-0.1, -0.05) is 24.3 Å². The van der Waals surface area contributed by atoms with Crippen LogP contribution in [0.25, 0.3) is 6.08 Å². The predicted molar refractivity (Wildman–Crippen MR) is 81.5 cm³/mol. The summed E-state index contributed by atoms with van der Waals surface area (Å²) in [6.45, 7) is 3.32. The lowest BCUT2D eigenvalue weighted by atomic mass is 10.1. The average Bonchev–Trinajstić information content (AvgIpc) is 2.87. The van der Waals surface area contributed by atoms with E-state index in [-0.39, 0.29) is 5.78 Å². The molecule has 2 rings (SSSR count). The van der Waals surface area contributed by atoms with Crippen LogP contribution in [0.2, 0.25) is 0 Å². The monoisotopic (exact) mass is 299 g/mol. The molecular weight excluding hydrogens is 282 g/mol. The largest absolute Gasteiger partial charge is 0.345 e.